The van der Waals surface area contributed by atoms with Gasteiger partial charge in [0.1, 0.15) is 0 Å². The van der Waals surface area contributed by atoms with E-state index >= 15 is 0 Å². The highest BCUT2D eigenvalue weighted by Crippen LogP contribution is 2.34. The molecule has 0 aromatic heterocycles. The van der Waals surface area contributed by atoms with Crippen LogP contribution in [0.4, 0.5) is 10.5 Å². The Kier molecular flexibility index (Phi) is 8.41. The van der Waals surface area contributed by atoms with Gasteiger partial charge in [-0.3, -0.25) is 4.90 Å². The van der Waals surface area contributed by atoms with E-state index in [4.69, 9.17) is 0 Å². The van der Waals surface area contributed by atoms with Gasteiger partial charge in [-0.25, -0.2) is 4.79 Å². The van der Waals surface area contributed by atoms with E-state index in [-0.39, 0.29) is 6.09 Å². The fraction of sp³-hybridized carbons (Fsp3) is 0.632. The maximum Gasteiger partial charge on any atom is 0.406 e. The van der Waals surface area contributed by atoms with Crippen LogP contribution in [-0.2, 0) is 4.74 Å². The van der Waals surface area contributed by atoms with Crippen LogP contribution in [0.15, 0.2) is 29.2 Å². The van der Waals surface area contributed by atoms with E-state index in [2.05, 4.69) is 58.0 Å². The summed E-state index contributed by atoms with van der Waals surface area (Å²) < 4.78 is 4.58. The van der Waals surface area contributed by atoms with Gasteiger partial charge in [0.15, 0.2) is 0 Å². The van der Waals surface area contributed by atoms with Crippen molar-refractivity contribution in [2.45, 2.75) is 36.8 Å². The predicted molar refractivity (Wildman–Crippen MR) is 106 cm³/mol. The third kappa shape index (κ3) is 6.44. The Morgan fingerprint density at radius 3 is 2.68 bits per heavy atom. The molecule has 5 nitrogen and oxygen atoms in total. The highest BCUT2D eigenvalue weighted by atomic mass is 32.2. The molecule has 2 rings (SSSR count). The number of amides is 1. The maximum absolute atomic E-state index is 11.0. The lowest BCUT2D eigenvalue weighted by Gasteiger charge is -2.37. The predicted octanol–water partition coefficient (Wildman–Crippen LogP) is 3.45. The van der Waals surface area contributed by atoms with Gasteiger partial charge in [0.05, 0.1) is 12.8 Å². The fourth-order valence-electron chi connectivity index (χ4n) is 2.90. The number of piperazine rings is 1. The molecule has 1 aromatic rings. The Hall–Kier alpha value is -1.40. The number of hydrogen-bond acceptors (Lipinski definition) is 5. The summed E-state index contributed by atoms with van der Waals surface area (Å²) in [6.07, 6.45) is 1.79. The van der Waals surface area contributed by atoms with Crippen molar-refractivity contribution in [2.75, 3.05) is 51.3 Å². The Bertz CT molecular complexity index is 533. The second-order valence-electron chi connectivity index (χ2n) is 6.41. The van der Waals surface area contributed by atoms with Crippen molar-refractivity contribution in [1.82, 2.24) is 10.2 Å². The molecule has 0 radical (unpaired) electrons. The van der Waals surface area contributed by atoms with Gasteiger partial charge in [0.25, 0.3) is 0 Å². The summed E-state index contributed by atoms with van der Waals surface area (Å²) in [6.45, 7) is 10.5. The molecule has 0 bridgehead atoms. The molecule has 1 aromatic carbocycles. The summed E-state index contributed by atoms with van der Waals surface area (Å²) in [5, 5.41) is 3.38. The van der Waals surface area contributed by atoms with Crippen molar-refractivity contribution >= 4 is 23.5 Å². The van der Waals surface area contributed by atoms with Gasteiger partial charge in [-0.1, -0.05) is 26.0 Å². The van der Waals surface area contributed by atoms with Gasteiger partial charge in [0, 0.05) is 42.9 Å². The van der Waals surface area contributed by atoms with Crippen molar-refractivity contribution < 1.29 is 9.53 Å². The van der Waals surface area contributed by atoms with Crippen LogP contribution in [0.5, 0.6) is 0 Å². The lowest BCUT2D eigenvalue weighted by Crippen LogP contribution is -2.47. The molecule has 0 aliphatic carbocycles. The highest BCUT2D eigenvalue weighted by molar-refractivity contribution is 8.00. The van der Waals surface area contributed by atoms with Gasteiger partial charge in [-0.15, -0.1) is 11.8 Å². The van der Waals surface area contributed by atoms with E-state index in [1.54, 1.807) is 0 Å². The highest BCUT2D eigenvalue weighted by Gasteiger charge is 2.19. The number of methoxy groups -OCH3 is 1. The number of nitrogens with zero attached hydrogens (tertiary/aromatic N) is 2. The maximum atomic E-state index is 11.0. The number of thioether (sulfide) groups is 1. The number of carbonyl (C=O) groups is 1. The van der Waals surface area contributed by atoms with Crippen LogP contribution in [0.2, 0.25) is 0 Å². The number of ether oxygens (including phenoxy) is 1. The number of nitrogens with one attached hydrogen (secondary N) is 1. The van der Waals surface area contributed by atoms with Crippen molar-refractivity contribution in [1.29, 1.82) is 0 Å². The molecule has 0 saturated carbocycles. The van der Waals surface area contributed by atoms with Crippen LogP contribution in [0.1, 0.15) is 26.7 Å². The van der Waals surface area contributed by atoms with E-state index in [0.29, 0.717) is 11.8 Å². The molecule has 6 heteroatoms. The molecule has 1 aliphatic rings. The standard InChI is InChI=1S/C19H31N3O2S/c1-4-16(2)25-18-9-6-5-8-17(18)22-14-12-21(13-15-22)11-7-10-20-19(23)24-3/h5-6,8-9,16H,4,7,10-15H2,1-3H3,(H,20,23). The number of rotatable bonds is 8. The number of alkyl carbamates (subject to hydrolysis) is 1. The van der Waals surface area contributed by atoms with Crippen LogP contribution in [0.3, 0.4) is 0 Å². The fourth-order valence-corrected chi connectivity index (χ4v) is 3.97. The monoisotopic (exact) mass is 365 g/mol. The number of anilines is 1. The molecule has 25 heavy (non-hydrogen) atoms. The third-order valence-corrected chi connectivity index (χ3v) is 5.92. The molecule has 1 heterocycles. The van der Waals surface area contributed by atoms with Gasteiger partial charge in [-0.05, 0) is 31.5 Å². The van der Waals surface area contributed by atoms with E-state index in [0.717, 1.165) is 39.1 Å². The average molecular weight is 366 g/mol. The summed E-state index contributed by atoms with van der Waals surface area (Å²) in [7, 11) is 1.39. The lowest BCUT2D eigenvalue weighted by atomic mass is 10.2. The van der Waals surface area contributed by atoms with Gasteiger partial charge in [-0.2, -0.15) is 0 Å². The molecule has 1 atom stereocenters. The second-order valence-corrected chi connectivity index (χ2v) is 7.89. The number of carbonyl (C=O) groups excluding carboxylic acids is 1. The lowest BCUT2D eigenvalue weighted by molar-refractivity contribution is 0.170. The van der Waals surface area contributed by atoms with Gasteiger partial charge >= 0.3 is 6.09 Å². The Morgan fingerprint density at radius 2 is 2.00 bits per heavy atom. The molecule has 1 fully saturated rings. The summed E-state index contributed by atoms with van der Waals surface area (Å²) in [6, 6.07) is 8.78. The Morgan fingerprint density at radius 1 is 1.28 bits per heavy atom. The molecular formula is C19H31N3O2S. The quantitative estimate of drug-likeness (QED) is 0.565. The minimum Gasteiger partial charge on any atom is -0.453 e. The number of hydrogen-bond donors (Lipinski definition) is 1. The molecule has 1 aliphatic heterocycles. The van der Waals surface area contributed by atoms with Gasteiger partial charge in [0.2, 0.25) is 0 Å². The molecule has 1 unspecified atom stereocenters. The zero-order chi connectivity index (χ0) is 18.1. The smallest absolute Gasteiger partial charge is 0.406 e. The van der Waals surface area contributed by atoms with Crippen molar-refractivity contribution in [3.8, 4) is 0 Å². The summed E-state index contributed by atoms with van der Waals surface area (Å²) in [4.78, 5) is 17.4. The van der Waals surface area contributed by atoms with E-state index in [9.17, 15) is 4.79 Å². The summed E-state index contributed by atoms with van der Waals surface area (Å²) in [5.74, 6) is 0. The first-order valence-electron chi connectivity index (χ1n) is 9.18. The van der Waals surface area contributed by atoms with E-state index in [1.807, 2.05) is 11.8 Å². The topological polar surface area (TPSA) is 44.8 Å². The summed E-state index contributed by atoms with van der Waals surface area (Å²) in [5.41, 5.74) is 1.37. The molecular weight excluding hydrogens is 334 g/mol. The average Bonchev–Trinajstić information content (AvgIpc) is 2.66. The minimum atomic E-state index is -0.347. The zero-order valence-corrected chi connectivity index (χ0v) is 16.5. The van der Waals surface area contributed by atoms with Crippen molar-refractivity contribution in [2.24, 2.45) is 0 Å². The number of benzene rings is 1. The first kappa shape index (κ1) is 19.9. The van der Waals surface area contributed by atoms with Crippen molar-refractivity contribution in [3.05, 3.63) is 24.3 Å². The van der Waals surface area contributed by atoms with Crippen LogP contribution in [0, 0.1) is 0 Å². The number of para-hydroxylation sites is 1. The van der Waals surface area contributed by atoms with E-state index < -0.39 is 0 Å². The first-order valence-corrected chi connectivity index (χ1v) is 10.1. The van der Waals surface area contributed by atoms with Crippen LogP contribution >= 0.6 is 11.8 Å². The van der Waals surface area contributed by atoms with Gasteiger partial charge < -0.3 is 15.0 Å². The van der Waals surface area contributed by atoms with Crippen LogP contribution < -0.4 is 10.2 Å². The third-order valence-electron chi connectivity index (χ3n) is 4.59. The molecule has 1 saturated heterocycles. The summed E-state index contributed by atoms with van der Waals surface area (Å²) >= 11 is 1.98. The first-order chi connectivity index (χ1) is 12.1. The Balaban J connectivity index is 1.79. The molecule has 1 N–H and O–H groups in total. The molecule has 1 amide bonds. The molecule has 0 spiro atoms. The molecule has 140 valence electrons. The van der Waals surface area contributed by atoms with Crippen molar-refractivity contribution in [3.63, 3.8) is 0 Å². The van der Waals surface area contributed by atoms with Crippen LogP contribution in [0.25, 0.3) is 0 Å². The zero-order valence-electron chi connectivity index (χ0n) is 15.7. The second kappa shape index (κ2) is 10.6. The Labute approximate surface area is 156 Å². The normalized spacial score (nSPS) is 16.5. The SMILES string of the molecule is CCC(C)Sc1ccccc1N1CCN(CCCNC(=O)OC)CC1. The van der Waals surface area contributed by atoms with Crippen LogP contribution in [-0.4, -0.2) is 62.6 Å². The largest absolute Gasteiger partial charge is 0.453 e. The minimum absolute atomic E-state index is 0.347. The van der Waals surface area contributed by atoms with E-state index in [1.165, 1.54) is 24.1 Å².